The molecule has 0 atom stereocenters. The lowest BCUT2D eigenvalue weighted by Gasteiger charge is -2.36. The smallest absolute Gasteiger partial charge is 0.410 e. The van der Waals surface area contributed by atoms with Crippen LogP contribution in [0.2, 0.25) is 5.02 Å². The van der Waals surface area contributed by atoms with Gasteiger partial charge in [0, 0.05) is 39.4 Å². The van der Waals surface area contributed by atoms with E-state index in [1.54, 1.807) is 24.3 Å². The summed E-state index contributed by atoms with van der Waals surface area (Å²) in [6.45, 7) is 8.97. The van der Waals surface area contributed by atoms with Crippen LogP contribution in [0.1, 0.15) is 20.8 Å². The Labute approximate surface area is 153 Å². The molecule has 0 saturated carbocycles. The van der Waals surface area contributed by atoms with Crippen molar-refractivity contribution in [2.24, 2.45) is 0 Å². The van der Waals surface area contributed by atoms with Gasteiger partial charge in [-0.05, 0) is 20.8 Å². The number of anilines is 1. The lowest BCUT2D eigenvalue weighted by Crippen LogP contribution is -2.50. The second-order valence-corrected chi connectivity index (χ2v) is 7.18. The molecule has 0 spiro atoms. The first kappa shape index (κ1) is 19.6. The van der Waals surface area contributed by atoms with Crippen LogP contribution in [0.25, 0.3) is 0 Å². The quantitative estimate of drug-likeness (QED) is 0.741. The summed E-state index contributed by atoms with van der Waals surface area (Å²) in [5, 5.41) is 0.528. The van der Waals surface area contributed by atoms with Gasteiger partial charge in [-0.15, -0.1) is 0 Å². The van der Waals surface area contributed by atoms with Crippen molar-refractivity contribution in [2.75, 3.05) is 51.4 Å². The van der Waals surface area contributed by atoms with Crippen LogP contribution in [0, 0.1) is 0 Å². The Morgan fingerprint density at radius 2 is 1.92 bits per heavy atom. The van der Waals surface area contributed by atoms with E-state index in [1.165, 1.54) is 0 Å². The van der Waals surface area contributed by atoms with Crippen molar-refractivity contribution in [3.8, 4) is 5.75 Å². The van der Waals surface area contributed by atoms with Gasteiger partial charge >= 0.3 is 6.09 Å². The Kier molecular flexibility index (Phi) is 6.72. The molecule has 1 saturated heterocycles. The Morgan fingerprint density at radius 1 is 1.24 bits per heavy atom. The fourth-order valence-electron chi connectivity index (χ4n) is 2.39. The molecular weight excluding hydrogens is 346 g/mol. The maximum absolute atomic E-state index is 12.1. The van der Waals surface area contributed by atoms with Crippen LogP contribution in [0.5, 0.6) is 5.75 Å². The third kappa shape index (κ3) is 5.93. The number of ether oxygens (including phenoxy) is 3. The number of methoxy groups -OCH3 is 1. The SMILES string of the molecule is COCCOc1cnc(N2CCN(C(=O)OC(C)(C)C)CC2)c(Cl)c1. The van der Waals surface area contributed by atoms with Crippen molar-refractivity contribution in [2.45, 2.75) is 26.4 Å². The maximum atomic E-state index is 12.1. The van der Waals surface area contributed by atoms with Gasteiger partial charge in [-0.3, -0.25) is 0 Å². The molecule has 0 N–H and O–H groups in total. The van der Waals surface area contributed by atoms with Crippen LogP contribution in [-0.4, -0.2) is 68.1 Å². The third-order valence-electron chi connectivity index (χ3n) is 3.58. The lowest BCUT2D eigenvalue weighted by molar-refractivity contribution is 0.0240. The number of hydrogen-bond acceptors (Lipinski definition) is 6. The minimum absolute atomic E-state index is 0.284. The molecule has 0 unspecified atom stereocenters. The molecule has 2 heterocycles. The van der Waals surface area contributed by atoms with E-state index in [-0.39, 0.29) is 6.09 Å². The number of amides is 1. The summed E-state index contributed by atoms with van der Waals surface area (Å²) in [5.74, 6) is 1.31. The number of hydrogen-bond donors (Lipinski definition) is 0. The highest BCUT2D eigenvalue weighted by Crippen LogP contribution is 2.28. The number of carbonyl (C=O) groups is 1. The average molecular weight is 372 g/mol. The number of halogens is 1. The van der Waals surface area contributed by atoms with E-state index in [2.05, 4.69) is 9.88 Å². The van der Waals surface area contributed by atoms with Gasteiger partial charge in [0.25, 0.3) is 0 Å². The Morgan fingerprint density at radius 3 is 2.48 bits per heavy atom. The maximum Gasteiger partial charge on any atom is 0.410 e. The minimum atomic E-state index is -0.488. The molecule has 1 aliphatic rings. The van der Waals surface area contributed by atoms with Crippen LogP contribution in [0.15, 0.2) is 12.3 Å². The zero-order valence-corrected chi connectivity index (χ0v) is 16.0. The van der Waals surface area contributed by atoms with Crippen molar-refractivity contribution < 1.29 is 19.0 Å². The zero-order chi connectivity index (χ0) is 18.4. The van der Waals surface area contributed by atoms with Crippen molar-refractivity contribution in [3.05, 3.63) is 17.3 Å². The first-order valence-electron chi connectivity index (χ1n) is 8.30. The van der Waals surface area contributed by atoms with E-state index < -0.39 is 5.60 Å². The van der Waals surface area contributed by atoms with Crippen LogP contribution in [-0.2, 0) is 9.47 Å². The highest BCUT2D eigenvalue weighted by Gasteiger charge is 2.27. The molecule has 8 heteroatoms. The van der Waals surface area contributed by atoms with Crippen LogP contribution in [0.4, 0.5) is 10.6 Å². The van der Waals surface area contributed by atoms with Crippen LogP contribution >= 0.6 is 11.6 Å². The standard InChI is InChI=1S/C17H26ClN3O4/c1-17(2,3)25-16(22)21-7-5-20(6-8-21)15-14(18)11-13(12-19-15)24-10-9-23-4/h11-12H,5-10H2,1-4H3. The van der Waals surface area contributed by atoms with Crippen molar-refractivity contribution >= 4 is 23.5 Å². The Balaban J connectivity index is 1.91. The second-order valence-electron chi connectivity index (χ2n) is 6.77. The lowest BCUT2D eigenvalue weighted by atomic mass is 10.2. The fourth-order valence-corrected chi connectivity index (χ4v) is 2.67. The number of nitrogens with zero attached hydrogens (tertiary/aromatic N) is 3. The van der Waals surface area contributed by atoms with Gasteiger partial charge in [0.15, 0.2) is 0 Å². The Bertz CT molecular complexity index is 584. The third-order valence-corrected chi connectivity index (χ3v) is 3.86. The van der Waals surface area contributed by atoms with Crippen molar-refractivity contribution in [1.29, 1.82) is 0 Å². The van der Waals surface area contributed by atoms with Gasteiger partial charge < -0.3 is 24.0 Å². The first-order chi connectivity index (χ1) is 11.8. The van der Waals surface area contributed by atoms with Gasteiger partial charge in [0.2, 0.25) is 0 Å². The predicted octanol–water partition coefficient (Wildman–Crippen LogP) is 2.82. The predicted molar refractivity (Wildman–Crippen MR) is 96.6 cm³/mol. The first-order valence-corrected chi connectivity index (χ1v) is 8.68. The number of piperazine rings is 1. The largest absolute Gasteiger partial charge is 0.490 e. The molecular formula is C17H26ClN3O4. The highest BCUT2D eigenvalue weighted by atomic mass is 35.5. The monoisotopic (exact) mass is 371 g/mol. The summed E-state index contributed by atoms with van der Waals surface area (Å²) in [6.07, 6.45) is 1.37. The molecule has 1 amide bonds. The van der Waals surface area contributed by atoms with E-state index >= 15 is 0 Å². The van der Waals surface area contributed by atoms with Gasteiger partial charge in [0.1, 0.15) is 23.8 Å². The number of aromatic nitrogens is 1. The second kappa shape index (κ2) is 8.58. The van der Waals surface area contributed by atoms with E-state index in [0.717, 1.165) is 0 Å². The molecule has 140 valence electrons. The number of pyridine rings is 1. The van der Waals surface area contributed by atoms with Gasteiger partial charge in [0.05, 0.1) is 17.8 Å². The fraction of sp³-hybridized carbons (Fsp3) is 0.647. The van der Waals surface area contributed by atoms with Gasteiger partial charge in [-0.2, -0.15) is 0 Å². The van der Waals surface area contributed by atoms with Crippen molar-refractivity contribution in [3.63, 3.8) is 0 Å². The normalized spacial score (nSPS) is 15.2. The van der Waals surface area contributed by atoms with Gasteiger partial charge in [-0.25, -0.2) is 9.78 Å². The van der Waals surface area contributed by atoms with E-state index in [9.17, 15) is 4.79 Å². The number of carbonyl (C=O) groups excluding carboxylic acids is 1. The summed E-state index contributed by atoms with van der Waals surface area (Å²) in [5.41, 5.74) is -0.488. The van der Waals surface area contributed by atoms with Gasteiger partial charge in [-0.1, -0.05) is 11.6 Å². The average Bonchev–Trinajstić information content (AvgIpc) is 2.54. The number of rotatable bonds is 5. The van der Waals surface area contributed by atoms with E-state index in [1.807, 2.05) is 20.8 Å². The summed E-state index contributed by atoms with van der Waals surface area (Å²) >= 11 is 6.34. The summed E-state index contributed by atoms with van der Waals surface area (Å²) in [4.78, 5) is 20.3. The summed E-state index contributed by atoms with van der Waals surface area (Å²) in [7, 11) is 1.62. The molecule has 1 fully saturated rings. The zero-order valence-electron chi connectivity index (χ0n) is 15.2. The molecule has 0 aromatic carbocycles. The summed E-state index contributed by atoms with van der Waals surface area (Å²) in [6, 6.07) is 1.75. The molecule has 1 aliphatic heterocycles. The molecule has 0 bridgehead atoms. The molecule has 1 aromatic rings. The van der Waals surface area contributed by atoms with E-state index in [0.29, 0.717) is 56.0 Å². The van der Waals surface area contributed by atoms with Crippen LogP contribution < -0.4 is 9.64 Å². The molecule has 0 aliphatic carbocycles. The topological polar surface area (TPSA) is 64.1 Å². The van der Waals surface area contributed by atoms with Crippen molar-refractivity contribution in [1.82, 2.24) is 9.88 Å². The molecule has 2 rings (SSSR count). The molecule has 7 nitrogen and oxygen atoms in total. The molecule has 0 radical (unpaired) electrons. The Hall–Kier alpha value is -1.73. The highest BCUT2D eigenvalue weighted by molar-refractivity contribution is 6.33. The van der Waals surface area contributed by atoms with E-state index in [4.69, 9.17) is 25.8 Å². The molecule has 25 heavy (non-hydrogen) atoms. The minimum Gasteiger partial charge on any atom is -0.490 e. The summed E-state index contributed by atoms with van der Waals surface area (Å²) < 4.78 is 15.9. The molecule has 1 aromatic heterocycles. The van der Waals surface area contributed by atoms with Crippen LogP contribution in [0.3, 0.4) is 0 Å².